The summed E-state index contributed by atoms with van der Waals surface area (Å²) >= 11 is 0. The molecule has 1 N–H and O–H groups in total. The van der Waals surface area contributed by atoms with Gasteiger partial charge in [0.2, 0.25) is 0 Å². The zero-order valence-corrected chi connectivity index (χ0v) is 11.8. The molecule has 1 rings (SSSR count). The van der Waals surface area contributed by atoms with Gasteiger partial charge in [-0.25, -0.2) is 0 Å². The predicted molar refractivity (Wildman–Crippen MR) is 76.6 cm³/mol. The molecule has 1 unspecified atom stereocenters. The minimum Gasteiger partial charge on any atom is -0.370 e. The lowest BCUT2D eigenvalue weighted by Gasteiger charge is -2.36. The van der Waals surface area contributed by atoms with Gasteiger partial charge in [0.1, 0.15) is 0 Å². The highest BCUT2D eigenvalue weighted by Crippen LogP contribution is 2.22. The highest BCUT2D eigenvalue weighted by Gasteiger charge is 2.24. The fraction of sp³-hybridized carbons (Fsp3) is 0.600. The van der Waals surface area contributed by atoms with E-state index in [1.807, 2.05) is 0 Å². The fourth-order valence-electron chi connectivity index (χ4n) is 2.07. The highest BCUT2D eigenvalue weighted by atomic mass is 15.1. The van der Waals surface area contributed by atoms with Crippen LogP contribution in [-0.2, 0) is 0 Å². The van der Waals surface area contributed by atoms with Crippen molar-refractivity contribution < 1.29 is 0 Å². The SMILES string of the molecule is CCN(CC(NC)C(C)(C)C)c1ccccc1. The van der Waals surface area contributed by atoms with Crippen molar-refractivity contribution in [3.63, 3.8) is 0 Å². The van der Waals surface area contributed by atoms with E-state index in [1.54, 1.807) is 0 Å². The average Bonchev–Trinajstić information content (AvgIpc) is 2.30. The summed E-state index contributed by atoms with van der Waals surface area (Å²) < 4.78 is 0. The average molecular weight is 234 g/mol. The standard InChI is InChI=1S/C15H26N2/c1-6-17(13-10-8-7-9-11-13)12-14(16-5)15(2,3)4/h7-11,14,16H,6,12H2,1-5H3. The lowest BCUT2D eigenvalue weighted by Crippen LogP contribution is -2.47. The van der Waals surface area contributed by atoms with Crippen LogP contribution in [0.3, 0.4) is 0 Å². The van der Waals surface area contributed by atoms with E-state index >= 15 is 0 Å². The number of benzene rings is 1. The van der Waals surface area contributed by atoms with Crippen LogP contribution in [0, 0.1) is 5.41 Å². The molecule has 0 heterocycles. The number of nitrogens with zero attached hydrogens (tertiary/aromatic N) is 1. The van der Waals surface area contributed by atoms with E-state index in [4.69, 9.17) is 0 Å². The zero-order chi connectivity index (χ0) is 12.9. The molecule has 0 saturated carbocycles. The van der Waals surface area contributed by atoms with E-state index in [1.165, 1.54) is 5.69 Å². The van der Waals surface area contributed by atoms with Crippen LogP contribution in [0.5, 0.6) is 0 Å². The minimum absolute atomic E-state index is 0.275. The van der Waals surface area contributed by atoms with Crippen molar-refractivity contribution in [2.45, 2.75) is 33.7 Å². The molecule has 0 bridgehead atoms. The van der Waals surface area contributed by atoms with Gasteiger partial charge in [-0.2, -0.15) is 0 Å². The Morgan fingerprint density at radius 3 is 2.18 bits per heavy atom. The van der Waals surface area contributed by atoms with Crippen LogP contribution >= 0.6 is 0 Å². The zero-order valence-electron chi connectivity index (χ0n) is 11.8. The normalized spacial score (nSPS) is 13.5. The summed E-state index contributed by atoms with van der Waals surface area (Å²) in [7, 11) is 2.05. The van der Waals surface area contributed by atoms with Gasteiger partial charge in [-0.3, -0.25) is 0 Å². The fourth-order valence-corrected chi connectivity index (χ4v) is 2.07. The number of likely N-dealkylation sites (N-methyl/N-ethyl adjacent to an activating group) is 2. The molecule has 0 aliphatic rings. The van der Waals surface area contributed by atoms with Gasteiger partial charge in [0.25, 0.3) is 0 Å². The summed E-state index contributed by atoms with van der Waals surface area (Å²) in [6.07, 6.45) is 0. The molecule has 2 nitrogen and oxygen atoms in total. The maximum Gasteiger partial charge on any atom is 0.0366 e. The molecule has 0 fully saturated rings. The number of nitrogens with one attached hydrogen (secondary N) is 1. The van der Waals surface area contributed by atoms with Crippen molar-refractivity contribution in [2.24, 2.45) is 5.41 Å². The van der Waals surface area contributed by atoms with E-state index in [2.05, 4.69) is 75.3 Å². The van der Waals surface area contributed by atoms with E-state index in [0.29, 0.717) is 6.04 Å². The third-order valence-electron chi connectivity index (χ3n) is 3.30. The lowest BCUT2D eigenvalue weighted by molar-refractivity contribution is 0.283. The second-order valence-electron chi connectivity index (χ2n) is 5.58. The number of hydrogen-bond donors (Lipinski definition) is 1. The smallest absolute Gasteiger partial charge is 0.0366 e. The Balaban J connectivity index is 2.76. The van der Waals surface area contributed by atoms with Crippen LogP contribution in [0.2, 0.25) is 0 Å². The van der Waals surface area contributed by atoms with Gasteiger partial charge in [-0.15, -0.1) is 0 Å². The monoisotopic (exact) mass is 234 g/mol. The van der Waals surface area contributed by atoms with E-state index in [0.717, 1.165) is 13.1 Å². The van der Waals surface area contributed by atoms with Crippen LogP contribution in [-0.4, -0.2) is 26.2 Å². The van der Waals surface area contributed by atoms with Crippen molar-refractivity contribution in [1.29, 1.82) is 0 Å². The Kier molecular flexibility index (Phi) is 5.01. The summed E-state index contributed by atoms with van der Waals surface area (Å²) in [6.45, 7) is 11.1. The Bertz CT molecular complexity index is 313. The number of para-hydroxylation sites is 1. The molecular formula is C15H26N2. The van der Waals surface area contributed by atoms with Crippen LogP contribution in [0.25, 0.3) is 0 Å². The first-order valence-electron chi connectivity index (χ1n) is 6.46. The van der Waals surface area contributed by atoms with Gasteiger partial charge >= 0.3 is 0 Å². The van der Waals surface area contributed by atoms with Gasteiger partial charge in [-0.1, -0.05) is 39.0 Å². The molecule has 1 atom stereocenters. The van der Waals surface area contributed by atoms with Crippen LogP contribution in [0.1, 0.15) is 27.7 Å². The Morgan fingerprint density at radius 2 is 1.76 bits per heavy atom. The molecule has 17 heavy (non-hydrogen) atoms. The summed E-state index contributed by atoms with van der Waals surface area (Å²) in [6, 6.07) is 11.1. The van der Waals surface area contributed by atoms with Crippen molar-refractivity contribution >= 4 is 5.69 Å². The number of anilines is 1. The molecule has 2 heteroatoms. The van der Waals surface area contributed by atoms with Crippen molar-refractivity contribution in [3.8, 4) is 0 Å². The first kappa shape index (κ1) is 14.0. The van der Waals surface area contributed by atoms with E-state index in [9.17, 15) is 0 Å². The quantitative estimate of drug-likeness (QED) is 0.842. The summed E-state index contributed by atoms with van der Waals surface area (Å²) in [4.78, 5) is 2.42. The van der Waals surface area contributed by atoms with E-state index < -0.39 is 0 Å². The topological polar surface area (TPSA) is 15.3 Å². The van der Waals surface area contributed by atoms with Crippen molar-refractivity contribution in [1.82, 2.24) is 5.32 Å². The Labute approximate surface area is 106 Å². The number of rotatable bonds is 5. The molecule has 0 spiro atoms. The largest absolute Gasteiger partial charge is 0.370 e. The second-order valence-corrected chi connectivity index (χ2v) is 5.58. The summed E-state index contributed by atoms with van der Waals surface area (Å²) in [5.74, 6) is 0. The van der Waals surface area contributed by atoms with Crippen molar-refractivity contribution in [3.05, 3.63) is 30.3 Å². The van der Waals surface area contributed by atoms with Crippen LogP contribution < -0.4 is 10.2 Å². The van der Waals surface area contributed by atoms with Crippen LogP contribution in [0.15, 0.2) is 30.3 Å². The molecule has 0 aromatic heterocycles. The molecule has 0 saturated heterocycles. The maximum absolute atomic E-state index is 3.43. The minimum atomic E-state index is 0.275. The van der Waals surface area contributed by atoms with E-state index in [-0.39, 0.29) is 5.41 Å². The first-order valence-corrected chi connectivity index (χ1v) is 6.46. The van der Waals surface area contributed by atoms with Gasteiger partial charge in [0.15, 0.2) is 0 Å². The van der Waals surface area contributed by atoms with Gasteiger partial charge in [0.05, 0.1) is 0 Å². The maximum atomic E-state index is 3.43. The van der Waals surface area contributed by atoms with Gasteiger partial charge < -0.3 is 10.2 Å². The number of hydrogen-bond acceptors (Lipinski definition) is 2. The molecule has 0 aliphatic heterocycles. The van der Waals surface area contributed by atoms with Crippen molar-refractivity contribution in [2.75, 3.05) is 25.0 Å². The molecule has 0 radical (unpaired) electrons. The lowest BCUT2D eigenvalue weighted by atomic mass is 9.86. The molecular weight excluding hydrogens is 208 g/mol. The Morgan fingerprint density at radius 1 is 1.18 bits per heavy atom. The van der Waals surface area contributed by atoms with Gasteiger partial charge in [0, 0.05) is 24.8 Å². The van der Waals surface area contributed by atoms with Gasteiger partial charge in [-0.05, 0) is 31.5 Å². The third-order valence-corrected chi connectivity index (χ3v) is 3.30. The molecule has 1 aromatic rings. The molecule has 0 aliphatic carbocycles. The molecule has 0 amide bonds. The highest BCUT2D eigenvalue weighted by molar-refractivity contribution is 5.46. The second kappa shape index (κ2) is 6.06. The summed E-state index contributed by atoms with van der Waals surface area (Å²) in [5.41, 5.74) is 1.58. The summed E-state index contributed by atoms with van der Waals surface area (Å²) in [5, 5.41) is 3.43. The molecule has 1 aromatic carbocycles. The van der Waals surface area contributed by atoms with Crippen LogP contribution in [0.4, 0.5) is 5.69 Å². The Hall–Kier alpha value is -1.02. The third kappa shape index (κ3) is 4.04. The predicted octanol–water partition coefficient (Wildman–Crippen LogP) is 3.15. The first-order chi connectivity index (χ1) is 7.99. The molecule has 96 valence electrons.